The Bertz CT molecular complexity index is 805. The molecule has 26 heavy (non-hydrogen) atoms. The lowest BCUT2D eigenvalue weighted by molar-refractivity contribution is -0.115. The van der Waals surface area contributed by atoms with E-state index in [1.165, 1.54) is 0 Å². The van der Waals surface area contributed by atoms with Crippen molar-refractivity contribution >= 4 is 29.1 Å². The minimum Gasteiger partial charge on any atom is -0.349 e. The highest BCUT2D eigenvalue weighted by molar-refractivity contribution is 6.31. The second-order valence-corrected chi connectivity index (χ2v) is 6.91. The molecule has 0 aliphatic heterocycles. The van der Waals surface area contributed by atoms with Crippen LogP contribution in [0.5, 0.6) is 0 Å². The molecule has 0 saturated heterocycles. The van der Waals surface area contributed by atoms with E-state index >= 15 is 0 Å². The van der Waals surface area contributed by atoms with Crippen molar-refractivity contribution in [2.75, 3.05) is 11.9 Å². The summed E-state index contributed by atoms with van der Waals surface area (Å²) >= 11 is 6.17. The number of nitrogens with one attached hydrogen (secondary N) is 3. The molecule has 1 aliphatic rings. The second kappa shape index (κ2) is 8.34. The van der Waals surface area contributed by atoms with Crippen molar-refractivity contribution in [1.29, 1.82) is 0 Å². The summed E-state index contributed by atoms with van der Waals surface area (Å²) in [6.45, 7) is 2.10. The van der Waals surface area contributed by atoms with Gasteiger partial charge in [-0.3, -0.25) is 9.59 Å². The predicted octanol–water partition coefficient (Wildman–Crippen LogP) is 3.52. The van der Waals surface area contributed by atoms with Crippen LogP contribution in [-0.2, 0) is 4.79 Å². The van der Waals surface area contributed by atoms with Gasteiger partial charge in [-0.15, -0.1) is 0 Å². The van der Waals surface area contributed by atoms with Crippen LogP contribution in [0.2, 0.25) is 5.02 Å². The number of carbonyl (C=O) groups excluding carboxylic acids is 2. The average Bonchev–Trinajstić information content (AvgIpc) is 3.44. The highest BCUT2D eigenvalue weighted by Gasteiger charge is 2.23. The van der Waals surface area contributed by atoms with Gasteiger partial charge in [-0.25, -0.2) is 0 Å². The van der Waals surface area contributed by atoms with E-state index in [0.29, 0.717) is 22.3 Å². The van der Waals surface area contributed by atoms with Gasteiger partial charge in [0.2, 0.25) is 5.91 Å². The summed E-state index contributed by atoms with van der Waals surface area (Å²) in [6, 6.07) is 14.8. The number of carbonyl (C=O) groups is 2. The van der Waals surface area contributed by atoms with Crippen LogP contribution in [0.1, 0.15) is 41.7 Å². The highest BCUT2D eigenvalue weighted by Crippen LogP contribution is 2.22. The Balaban J connectivity index is 1.53. The Hall–Kier alpha value is -2.37. The summed E-state index contributed by atoms with van der Waals surface area (Å²) in [4.78, 5) is 24.3. The van der Waals surface area contributed by atoms with E-state index in [2.05, 4.69) is 16.0 Å². The van der Waals surface area contributed by atoms with Crippen molar-refractivity contribution in [3.8, 4) is 0 Å². The molecule has 136 valence electrons. The molecule has 0 spiro atoms. The number of rotatable bonds is 7. The van der Waals surface area contributed by atoms with E-state index in [9.17, 15) is 9.59 Å². The third-order valence-corrected chi connectivity index (χ3v) is 4.61. The largest absolute Gasteiger partial charge is 0.349 e. The monoisotopic (exact) mass is 371 g/mol. The Morgan fingerprint density at radius 1 is 1.15 bits per heavy atom. The molecule has 0 bridgehead atoms. The molecule has 3 rings (SSSR count). The molecule has 3 N–H and O–H groups in total. The number of anilines is 1. The van der Waals surface area contributed by atoms with Crippen LogP contribution < -0.4 is 16.0 Å². The first-order valence-electron chi connectivity index (χ1n) is 8.71. The minimum atomic E-state index is -0.177. The van der Waals surface area contributed by atoms with Gasteiger partial charge in [0.15, 0.2) is 0 Å². The maximum atomic E-state index is 12.2. The van der Waals surface area contributed by atoms with Crippen LogP contribution in [-0.4, -0.2) is 24.4 Å². The van der Waals surface area contributed by atoms with Crippen molar-refractivity contribution in [1.82, 2.24) is 10.6 Å². The number of halogens is 1. The lowest BCUT2D eigenvalue weighted by atomic mass is 10.1. The Morgan fingerprint density at radius 2 is 1.92 bits per heavy atom. The molecule has 0 heterocycles. The van der Waals surface area contributed by atoms with Gasteiger partial charge in [-0.2, -0.15) is 0 Å². The van der Waals surface area contributed by atoms with Crippen LogP contribution in [0.4, 0.5) is 5.69 Å². The van der Waals surface area contributed by atoms with E-state index in [0.717, 1.165) is 18.4 Å². The fraction of sp³-hybridized carbons (Fsp3) is 0.300. The lowest BCUT2D eigenvalue weighted by Crippen LogP contribution is -2.30. The van der Waals surface area contributed by atoms with E-state index < -0.39 is 0 Å². The second-order valence-electron chi connectivity index (χ2n) is 6.50. The predicted molar refractivity (Wildman–Crippen MR) is 103 cm³/mol. The molecule has 1 aliphatic carbocycles. The molecule has 1 saturated carbocycles. The molecule has 1 atom stereocenters. The summed E-state index contributed by atoms with van der Waals surface area (Å²) in [5.74, 6) is -0.280. The van der Waals surface area contributed by atoms with E-state index in [1.807, 2.05) is 31.2 Å². The van der Waals surface area contributed by atoms with Gasteiger partial charge >= 0.3 is 0 Å². The lowest BCUT2D eigenvalue weighted by Gasteiger charge is -2.15. The van der Waals surface area contributed by atoms with E-state index in [1.54, 1.807) is 24.3 Å². The fourth-order valence-corrected chi connectivity index (χ4v) is 2.92. The van der Waals surface area contributed by atoms with Gasteiger partial charge in [-0.05, 0) is 49.6 Å². The number of amides is 2. The first-order valence-corrected chi connectivity index (χ1v) is 9.09. The molecule has 1 fully saturated rings. The fourth-order valence-electron chi connectivity index (χ4n) is 2.62. The summed E-state index contributed by atoms with van der Waals surface area (Å²) in [6.07, 6.45) is 2.08. The Kier molecular flexibility index (Phi) is 5.91. The van der Waals surface area contributed by atoms with Crippen molar-refractivity contribution in [2.45, 2.75) is 31.8 Å². The molecule has 2 aromatic carbocycles. The number of hydrogen-bond donors (Lipinski definition) is 3. The summed E-state index contributed by atoms with van der Waals surface area (Å²) in [7, 11) is 0. The Labute approximate surface area is 158 Å². The molecule has 2 amide bonds. The third-order valence-electron chi connectivity index (χ3n) is 4.26. The Morgan fingerprint density at radius 3 is 2.65 bits per heavy atom. The zero-order chi connectivity index (χ0) is 18.5. The first kappa shape index (κ1) is 18.4. The SMILES string of the molecule is CC(NCC(=O)Nc1cccc(C(=O)NC2CC2)c1)c1ccccc1Cl. The molecule has 5 nitrogen and oxygen atoms in total. The van der Waals surface area contributed by atoms with Gasteiger partial charge in [0.25, 0.3) is 5.91 Å². The van der Waals surface area contributed by atoms with Crippen molar-refractivity contribution in [2.24, 2.45) is 0 Å². The van der Waals surface area contributed by atoms with Crippen LogP contribution >= 0.6 is 11.6 Å². The minimum absolute atomic E-state index is 0.0508. The zero-order valence-corrected chi connectivity index (χ0v) is 15.3. The standard InChI is InChI=1S/C20H22ClN3O2/c1-13(17-7-2-3-8-18(17)21)22-12-19(25)23-16-6-4-5-14(11-16)20(26)24-15-9-10-15/h2-8,11,13,15,22H,9-10,12H2,1H3,(H,23,25)(H,24,26). The average molecular weight is 372 g/mol. The smallest absolute Gasteiger partial charge is 0.251 e. The quantitative estimate of drug-likeness (QED) is 0.697. The molecule has 6 heteroatoms. The van der Waals surface area contributed by atoms with Crippen LogP contribution in [0.15, 0.2) is 48.5 Å². The summed E-state index contributed by atoms with van der Waals surface area (Å²) < 4.78 is 0. The van der Waals surface area contributed by atoms with Crippen LogP contribution in [0.3, 0.4) is 0 Å². The normalized spacial score (nSPS) is 14.5. The van der Waals surface area contributed by atoms with Gasteiger partial charge in [0.05, 0.1) is 6.54 Å². The number of benzene rings is 2. The van der Waals surface area contributed by atoms with Crippen molar-refractivity contribution in [3.63, 3.8) is 0 Å². The zero-order valence-electron chi connectivity index (χ0n) is 14.6. The summed E-state index contributed by atoms with van der Waals surface area (Å²) in [5, 5.41) is 9.58. The molecule has 1 unspecified atom stereocenters. The molecule has 0 aromatic heterocycles. The molecule has 0 radical (unpaired) electrons. The molecular weight excluding hydrogens is 350 g/mol. The third kappa shape index (κ3) is 5.07. The number of hydrogen-bond acceptors (Lipinski definition) is 3. The molecular formula is C20H22ClN3O2. The van der Waals surface area contributed by atoms with Gasteiger partial charge < -0.3 is 16.0 Å². The van der Waals surface area contributed by atoms with E-state index in [-0.39, 0.29) is 24.4 Å². The highest BCUT2D eigenvalue weighted by atomic mass is 35.5. The van der Waals surface area contributed by atoms with Gasteiger partial charge in [0.1, 0.15) is 0 Å². The van der Waals surface area contributed by atoms with Gasteiger partial charge in [0, 0.05) is 28.4 Å². The van der Waals surface area contributed by atoms with Crippen LogP contribution in [0, 0.1) is 0 Å². The van der Waals surface area contributed by atoms with Gasteiger partial charge in [-0.1, -0.05) is 35.9 Å². The molecule has 2 aromatic rings. The van der Waals surface area contributed by atoms with E-state index in [4.69, 9.17) is 11.6 Å². The topological polar surface area (TPSA) is 70.2 Å². The first-order chi connectivity index (χ1) is 12.5. The van der Waals surface area contributed by atoms with Crippen molar-refractivity contribution < 1.29 is 9.59 Å². The maximum absolute atomic E-state index is 12.2. The summed E-state index contributed by atoms with van der Waals surface area (Å²) in [5.41, 5.74) is 2.10. The van der Waals surface area contributed by atoms with Crippen molar-refractivity contribution in [3.05, 3.63) is 64.7 Å². The maximum Gasteiger partial charge on any atom is 0.251 e. The van der Waals surface area contributed by atoms with Crippen LogP contribution in [0.25, 0.3) is 0 Å².